The summed E-state index contributed by atoms with van der Waals surface area (Å²) in [6, 6.07) is 13.9. The molecule has 0 spiro atoms. The molecule has 4 rings (SSSR count). The van der Waals surface area contributed by atoms with Crippen molar-refractivity contribution in [2.75, 3.05) is 17.7 Å². The van der Waals surface area contributed by atoms with Gasteiger partial charge in [-0.2, -0.15) is 0 Å². The van der Waals surface area contributed by atoms with E-state index in [0.717, 1.165) is 29.2 Å². The van der Waals surface area contributed by atoms with E-state index in [1.807, 2.05) is 38.1 Å². The number of amides is 2. The highest BCUT2D eigenvalue weighted by Gasteiger charge is 2.27. The van der Waals surface area contributed by atoms with Crippen molar-refractivity contribution in [2.45, 2.75) is 45.6 Å². The van der Waals surface area contributed by atoms with Crippen LogP contribution in [0.2, 0.25) is 0 Å². The molecule has 3 aromatic rings. The number of nitrogens with one attached hydrogen (secondary N) is 3. The number of hydrogen-bond acceptors (Lipinski definition) is 6. The van der Waals surface area contributed by atoms with E-state index in [9.17, 15) is 9.59 Å². The van der Waals surface area contributed by atoms with Gasteiger partial charge in [0.15, 0.2) is 0 Å². The number of anilines is 3. The molecule has 1 aromatic carbocycles. The van der Waals surface area contributed by atoms with Gasteiger partial charge in [-0.15, -0.1) is 0 Å². The molecule has 1 aliphatic rings. The topological polar surface area (TPSA) is 105 Å². The minimum atomic E-state index is -0.634. The Kier molecular flexibility index (Phi) is 7.60. The van der Waals surface area contributed by atoms with Crippen LogP contribution in [0.25, 0.3) is 0 Å². The molecule has 0 bridgehead atoms. The number of aromatic nitrogens is 2. The van der Waals surface area contributed by atoms with Gasteiger partial charge in [0, 0.05) is 34.4 Å². The number of carbonyl (C=O) groups is 2. The summed E-state index contributed by atoms with van der Waals surface area (Å²) in [6.45, 7) is 3.90. The average Bonchev–Trinajstić information content (AvgIpc) is 3.66. The minimum Gasteiger partial charge on any atom is -0.481 e. The van der Waals surface area contributed by atoms with E-state index in [-0.39, 0.29) is 11.8 Å². The molecule has 3 N–H and O–H groups in total. The Bertz CT molecular complexity index is 1150. The van der Waals surface area contributed by atoms with Crippen LogP contribution >= 0.6 is 0 Å². The summed E-state index contributed by atoms with van der Waals surface area (Å²) >= 11 is 0. The van der Waals surface area contributed by atoms with Crippen LogP contribution in [0.4, 0.5) is 17.1 Å². The smallest absolute Gasteiger partial charge is 0.251 e. The summed E-state index contributed by atoms with van der Waals surface area (Å²) in [5.41, 5.74) is 4.72. The first-order chi connectivity index (χ1) is 16.9. The van der Waals surface area contributed by atoms with Gasteiger partial charge in [-0.05, 0) is 75.1 Å². The highest BCUT2D eigenvalue weighted by atomic mass is 16.5. The van der Waals surface area contributed by atoms with Crippen molar-refractivity contribution in [3.05, 3.63) is 71.7 Å². The van der Waals surface area contributed by atoms with E-state index in [1.165, 1.54) is 26.1 Å². The molecule has 182 valence electrons. The van der Waals surface area contributed by atoms with E-state index >= 15 is 0 Å². The second-order valence-corrected chi connectivity index (χ2v) is 8.97. The van der Waals surface area contributed by atoms with Crippen molar-refractivity contribution < 1.29 is 14.3 Å². The standard InChI is InChI=1S/C27H31N5O3/c1-17-14-23(15-18(2)29-17)30-21-9-7-20(8-10-21)26(33)32-24(12-6-19-4-5-19)27(34)31-22-11-13-25(35-3)28-16-22/h7-11,13-16,19,24H,4-6,12H2,1-3H3,(H,29,30)(H,31,34)(H,32,33). The lowest BCUT2D eigenvalue weighted by Crippen LogP contribution is -2.43. The SMILES string of the molecule is COc1ccc(NC(=O)C(CCC2CC2)NC(=O)c2ccc(Nc3cc(C)nc(C)c3)cc2)cn1. The molecular weight excluding hydrogens is 442 g/mol. The van der Waals surface area contributed by atoms with Crippen LogP contribution in [0.1, 0.15) is 47.4 Å². The molecule has 8 nitrogen and oxygen atoms in total. The monoisotopic (exact) mass is 473 g/mol. The third-order valence-electron chi connectivity index (χ3n) is 5.91. The number of aryl methyl sites for hydroxylation is 2. The van der Waals surface area contributed by atoms with Gasteiger partial charge in [0.2, 0.25) is 11.8 Å². The number of rotatable bonds is 10. The molecule has 2 heterocycles. The van der Waals surface area contributed by atoms with Crippen molar-refractivity contribution in [3.8, 4) is 5.88 Å². The first kappa shape index (κ1) is 24.2. The molecule has 1 aliphatic carbocycles. The van der Waals surface area contributed by atoms with Gasteiger partial charge in [0.05, 0.1) is 19.0 Å². The second-order valence-electron chi connectivity index (χ2n) is 8.97. The molecule has 8 heteroatoms. The van der Waals surface area contributed by atoms with Crippen LogP contribution in [0, 0.1) is 19.8 Å². The Labute approximate surface area is 205 Å². The number of carbonyl (C=O) groups excluding carboxylic acids is 2. The fraction of sp³-hybridized carbons (Fsp3) is 0.333. The molecule has 1 fully saturated rings. The van der Waals surface area contributed by atoms with E-state index in [4.69, 9.17) is 4.74 Å². The zero-order valence-electron chi connectivity index (χ0n) is 20.3. The Morgan fingerprint density at radius 2 is 1.69 bits per heavy atom. The fourth-order valence-electron chi connectivity index (χ4n) is 3.90. The van der Waals surface area contributed by atoms with Crippen LogP contribution in [-0.2, 0) is 4.79 Å². The Morgan fingerprint density at radius 3 is 2.29 bits per heavy atom. The van der Waals surface area contributed by atoms with E-state index < -0.39 is 6.04 Å². The summed E-state index contributed by atoms with van der Waals surface area (Å²) in [4.78, 5) is 34.4. The Balaban J connectivity index is 1.40. The number of benzene rings is 1. The van der Waals surface area contributed by atoms with Gasteiger partial charge in [-0.1, -0.05) is 12.8 Å². The van der Waals surface area contributed by atoms with Crippen LogP contribution < -0.4 is 20.7 Å². The van der Waals surface area contributed by atoms with E-state index in [1.54, 1.807) is 24.3 Å². The maximum absolute atomic E-state index is 13.0. The lowest BCUT2D eigenvalue weighted by atomic mass is 10.1. The lowest BCUT2D eigenvalue weighted by Gasteiger charge is -2.19. The predicted octanol–water partition coefficient (Wildman–Crippen LogP) is 4.77. The van der Waals surface area contributed by atoms with Gasteiger partial charge < -0.3 is 20.7 Å². The molecule has 1 unspecified atom stereocenters. The largest absolute Gasteiger partial charge is 0.481 e. The molecule has 0 saturated heterocycles. The summed E-state index contributed by atoms with van der Waals surface area (Å²) in [6.07, 6.45) is 5.42. The lowest BCUT2D eigenvalue weighted by molar-refractivity contribution is -0.118. The van der Waals surface area contributed by atoms with E-state index in [0.29, 0.717) is 29.5 Å². The minimum absolute atomic E-state index is 0.257. The summed E-state index contributed by atoms with van der Waals surface area (Å²) in [7, 11) is 1.54. The summed E-state index contributed by atoms with van der Waals surface area (Å²) in [5.74, 6) is 0.577. The molecular formula is C27H31N5O3. The molecule has 35 heavy (non-hydrogen) atoms. The third kappa shape index (κ3) is 7.02. The van der Waals surface area contributed by atoms with Crippen molar-refractivity contribution in [1.29, 1.82) is 0 Å². The predicted molar refractivity (Wildman–Crippen MR) is 136 cm³/mol. The second kappa shape index (κ2) is 11.0. The normalized spacial score (nSPS) is 13.6. The fourth-order valence-corrected chi connectivity index (χ4v) is 3.90. The maximum atomic E-state index is 13.0. The Morgan fingerprint density at radius 1 is 1.00 bits per heavy atom. The quantitative estimate of drug-likeness (QED) is 0.392. The van der Waals surface area contributed by atoms with Gasteiger partial charge >= 0.3 is 0 Å². The van der Waals surface area contributed by atoms with Crippen molar-refractivity contribution in [1.82, 2.24) is 15.3 Å². The molecule has 0 radical (unpaired) electrons. The number of nitrogens with zero attached hydrogens (tertiary/aromatic N) is 2. The first-order valence-corrected chi connectivity index (χ1v) is 11.8. The molecule has 1 atom stereocenters. The number of methoxy groups -OCH3 is 1. The average molecular weight is 474 g/mol. The summed E-state index contributed by atoms with van der Waals surface area (Å²) < 4.78 is 5.06. The number of pyridine rings is 2. The third-order valence-corrected chi connectivity index (χ3v) is 5.91. The van der Waals surface area contributed by atoms with Crippen molar-refractivity contribution in [3.63, 3.8) is 0 Å². The van der Waals surface area contributed by atoms with Gasteiger partial charge in [-0.3, -0.25) is 14.6 Å². The van der Waals surface area contributed by atoms with E-state index in [2.05, 4.69) is 25.9 Å². The maximum Gasteiger partial charge on any atom is 0.251 e. The molecule has 2 amide bonds. The van der Waals surface area contributed by atoms with Gasteiger partial charge in [0.25, 0.3) is 5.91 Å². The van der Waals surface area contributed by atoms with Gasteiger partial charge in [-0.25, -0.2) is 4.98 Å². The van der Waals surface area contributed by atoms with Crippen molar-refractivity contribution in [2.24, 2.45) is 5.92 Å². The van der Waals surface area contributed by atoms with Crippen LogP contribution in [-0.4, -0.2) is 34.9 Å². The first-order valence-electron chi connectivity index (χ1n) is 11.8. The molecule has 2 aromatic heterocycles. The van der Waals surface area contributed by atoms with Crippen LogP contribution in [0.5, 0.6) is 5.88 Å². The zero-order chi connectivity index (χ0) is 24.8. The molecule has 0 aliphatic heterocycles. The Hall–Kier alpha value is -3.94. The highest BCUT2D eigenvalue weighted by molar-refractivity contribution is 6.01. The number of ether oxygens (including phenoxy) is 1. The molecule has 1 saturated carbocycles. The van der Waals surface area contributed by atoms with Crippen molar-refractivity contribution >= 4 is 28.9 Å². The van der Waals surface area contributed by atoms with Crippen LogP contribution in [0.15, 0.2) is 54.7 Å². The van der Waals surface area contributed by atoms with Crippen LogP contribution in [0.3, 0.4) is 0 Å². The summed E-state index contributed by atoms with van der Waals surface area (Å²) in [5, 5.41) is 9.11. The highest BCUT2D eigenvalue weighted by Crippen LogP contribution is 2.34. The number of hydrogen-bond donors (Lipinski definition) is 3. The zero-order valence-corrected chi connectivity index (χ0v) is 20.3. The van der Waals surface area contributed by atoms with Gasteiger partial charge in [0.1, 0.15) is 6.04 Å².